The van der Waals surface area contributed by atoms with Gasteiger partial charge in [0, 0.05) is 30.2 Å². The van der Waals surface area contributed by atoms with E-state index in [4.69, 9.17) is 0 Å². The smallest absolute Gasteiger partial charge is 0.253 e. The van der Waals surface area contributed by atoms with Crippen LogP contribution in [0, 0.1) is 11.8 Å². The van der Waals surface area contributed by atoms with E-state index in [1.54, 1.807) is 0 Å². The minimum atomic E-state index is 0.0443. The van der Waals surface area contributed by atoms with Crippen molar-refractivity contribution in [3.05, 3.63) is 36.0 Å². The molecule has 1 N–H and O–H groups in total. The molecule has 0 bridgehead atoms. The number of para-hydroxylation sites is 1. The van der Waals surface area contributed by atoms with Gasteiger partial charge < -0.3 is 14.8 Å². The van der Waals surface area contributed by atoms with Crippen molar-refractivity contribution in [3.8, 4) is 0 Å². The zero-order valence-corrected chi connectivity index (χ0v) is 18.6. The van der Waals surface area contributed by atoms with Crippen LogP contribution in [0.2, 0.25) is 0 Å². The number of piperidine rings is 1. The highest BCUT2D eigenvalue weighted by Crippen LogP contribution is 2.24. The molecule has 1 amide bonds. The number of nitrogens with one attached hydrogen (secondary N) is 1. The molecule has 29 heavy (non-hydrogen) atoms. The summed E-state index contributed by atoms with van der Waals surface area (Å²) in [6, 6.07) is 8.29. The molecule has 0 unspecified atom stereocenters. The van der Waals surface area contributed by atoms with Gasteiger partial charge in [0.2, 0.25) is 0 Å². The lowest BCUT2D eigenvalue weighted by Gasteiger charge is -2.32. The summed E-state index contributed by atoms with van der Waals surface area (Å²) in [7, 11) is 0. The van der Waals surface area contributed by atoms with Gasteiger partial charge in [-0.2, -0.15) is 0 Å². The molecule has 0 radical (unpaired) electrons. The van der Waals surface area contributed by atoms with Crippen molar-refractivity contribution in [2.75, 3.05) is 26.2 Å². The van der Waals surface area contributed by atoms with Crippen molar-refractivity contribution in [1.29, 1.82) is 0 Å². The molecule has 0 saturated carbocycles. The average Bonchev–Trinajstić information content (AvgIpc) is 3.10. The van der Waals surface area contributed by atoms with Crippen molar-refractivity contribution in [2.45, 2.75) is 65.8 Å². The highest BCUT2D eigenvalue weighted by atomic mass is 16.1. The Morgan fingerprint density at radius 2 is 1.90 bits per heavy atom. The van der Waals surface area contributed by atoms with Crippen LogP contribution in [-0.4, -0.2) is 41.6 Å². The number of hydrogen-bond acceptors (Lipinski definition) is 2. The molecule has 0 aliphatic carbocycles. The van der Waals surface area contributed by atoms with Crippen molar-refractivity contribution >= 4 is 16.8 Å². The van der Waals surface area contributed by atoms with Gasteiger partial charge in [0.25, 0.3) is 5.91 Å². The first-order valence-electron chi connectivity index (χ1n) is 11.7. The van der Waals surface area contributed by atoms with Gasteiger partial charge in [0.1, 0.15) is 0 Å². The van der Waals surface area contributed by atoms with E-state index in [2.05, 4.69) is 60.0 Å². The van der Waals surface area contributed by atoms with Crippen LogP contribution in [0.25, 0.3) is 10.9 Å². The molecular weight excluding hydrogens is 358 g/mol. The maximum absolute atomic E-state index is 12.7. The molecule has 4 nitrogen and oxygen atoms in total. The Kier molecular flexibility index (Phi) is 8.17. The molecule has 1 aliphatic rings. The molecule has 1 saturated heterocycles. The Bertz CT molecular complexity index is 771. The lowest BCUT2D eigenvalue weighted by molar-refractivity contribution is 0.0950. The molecule has 1 fully saturated rings. The zero-order chi connectivity index (χ0) is 20.6. The maximum atomic E-state index is 12.7. The molecule has 1 aliphatic heterocycles. The average molecular weight is 398 g/mol. The van der Waals surface area contributed by atoms with Crippen molar-refractivity contribution in [3.63, 3.8) is 0 Å². The maximum Gasteiger partial charge on any atom is 0.253 e. The minimum Gasteiger partial charge on any atom is -0.352 e. The Balaban J connectivity index is 1.55. The minimum absolute atomic E-state index is 0.0443. The predicted molar refractivity (Wildman–Crippen MR) is 122 cm³/mol. The van der Waals surface area contributed by atoms with Gasteiger partial charge in [-0.1, -0.05) is 58.2 Å². The number of aryl methyl sites for hydroxylation is 1. The summed E-state index contributed by atoms with van der Waals surface area (Å²) < 4.78 is 2.27. The van der Waals surface area contributed by atoms with Crippen LogP contribution >= 0.6 is 0 Å². The van der Waals surface area contributed by atoms with Gasteiger partial charge in [-0.05, 0) is 56.8 Å². The third-order valence-electron chi connectivity index (χ3n) is 6.25. The second-order valence-corrected chi connectivity index (χ2v) is 9.14. The van der Waals surface area contributed by atoms with Crippen molar-refractivity contribution in [2.24, 2.45) is 11.8 Å². The lowest BCUT2D eigenvalue weighted by atomic mass is 9.91. The van der Waals surface area contributed by atoms with E-state index in [1.807, 2.05) is 6.07 Å². The fraction of sp³-hybridized carbons (Fsp3) is 0.640. The van der Waals surface area contributed by atoms with E-state index in [9.17, 15) is 4.79 Å². The van der Waals surface area contributed by atoms with Gasteiger partial charge in [-0.15, -0.1) is 0 Å². The van der Waals surface area contributed by atoms with Crippen LogP contribution < -0.4 is 5.32 Å². The first-order valence-corrected chi connectivity index (χ1v) is 11.7. The van der Waals surface area contributed by atoms with Gasteiger partial charge in [0.05, 0.1) is 5.56 Å². The number of nitrogens with zero attached hydrogens (tertiary/aromatic N) is 2. The normalized spacial score (nSPS) is 16.0. The molecule has 2 aromatic rings. The fourth-order valence-electron chi connectivity index (χ4n) is 4.46. The van der Waals surface area contributed by atoms with Crippen LogP contribution in [0.4, 0.5) is 0 Å². The number of carbonyl (C=O) groups is 1. The monoisotopic (exact) mass is 397 g/mol. The molecule has 1 aromatic heterocycles. The van der Waals surface area contributed by atoms with Crippen LogP contribution in [0.3, 0.4) is 0 Å². The number of carbonyl (C=O) groups excluding carboxylic acids is 1. The number of amides is 1. The zero-order valence-electron chi connectivity index (χ0n) is 18.6. The summed E-state index contributed by atoms with van der Waals surface area (Å²) in [6.45, 7) is 11.9. The fourth-order valence-corrected chi connectivity index (χ4v) is 4.46. The SMILES string of the molecule is CCCCC1CCN(CCCn2cc(C(=O)NCC(C)C)c3ccccc32)CC1. The summed E-state index contributed by atoms with van der Waals surface area (Å²) in [5.74, 6) is 1.45. The van der Waals surface area contributed by atoms with Gasteiger partial charge in [0.15, 0.2) is 0 Å². The van der Waals surface area contributed by atoms with E-state index in [1.165, 1.54) is 50.7 Å². The Morgan fingerprint density at radius 1 is 1.14 bits per heavy atom. The topological polar surface area (TPSA) is 37.3 Å². The number of hydrogen-bond donors (Lipinski definition) is 1. The molecule has 0 atom stereocenters. The Labute approximate surface area is 176 Å². The summed E-state index contributed by atoms with van der Waals surface area (Å²) in [5.41, 5.74) is 1.97. The first kappa shape index (κ1) is 21.9. The van der Waals surface area contributed by atoms with Gasteiger partial charge >= 0.3 is 0 Å². The van der Waals surface area contributed by atoms with Gasteiger partial charge in [-0.3, -0.25) is 4.79 Å². The largest absolute Gasteiger partial charge is 0.352 e. The quantitative estimate of drug-likeness (QED) is 0.589. The number of unbranched alkanes of at least 4 members (excludes halogenated alkanes) is 1. The summed E-state index contributed by atoms with van der Waals surface area (Å²) >= 11 is 0. The second-order valence-electron chi connectivity index (χ2n) is 9.14. The van der Waals surface area contributed by atoms with Crippen molar-refractivity contribution in [1.82, 2.24) is 14.8 Å². The number of aromatic nitrogens is 1. The molecule has 4 heteroatoms. The van der Waals surface area contributed by atoms with Crippen molar-refractivity contribution < 1.29 is 4.79 Å². The number of fused-ring (bicyclic) bond motifs is 1. The molecule has 160 valence electrons. The Morgan fingerprint density at radius 3 is 2.62 bits per heavy atom. The number of likely N-dealkylation sites (tertiary alicyclic amines) is 1. The lowest BCUT2D eigenvalue weighted by Crippen LogP contribution is -2.34. The first-order chi connectivity index (χ1) is 14.1. The van der Waals surface area contributed by atoms with E-state index in [-0.39, 0.29) is 5.91 Å². The molecule has 0 spiro atoms. The Hall–Kier alpha value is -1.81. The van der Waals surface area contributed by atoms with Crippen LogP contribution in [0.1, 0.15) is 69.7 Å². The third kappa shape index (κ3) is 6.08. The highest BCUT2D eigenvalue weighted by Gasteiger charge is 2.19. The third-order valence-corrected chi connectivity index (χ3v) is 6.25. The number of benzene rings is 1. The predicted octanol–water partition coefficient (Wildman–Crippen LogP) is 5.32. The second kappa shape index (κ2) is 10.8. The standard InChI is InChI=1S/C25H39N3O/c1-4-5-9-21-12-16-27(17-13-21)14-8-15-28-19-23(25(29)26-18-20(2)3)22-10-6-7-11-24(22)28/h6-7,10-11,19-21H,4-5,8-9,12-18H2,1-3H3,(H,26,29). The highest BCUT2D eigenvalue weighted by molar-refractivity contribution is 6.07. The molecular formula is C25H39N3O. The van der Waals surface area contributed by atoms with E-state index in [0.717, 1.165) is 36.4 Å². The van der Waals surface area contributed by atoms with Crippen LogP contribution in [0.5, 0.6) is 0 Å². The molecule has 3 rings (SSSR count). The van der Waals surface area contributed by atoms with Gasteiger partial charge in [-0.25, -0.2) is 0 Å². The summed E-state index contributed by atoms with van der Waals surface area (Å²) in [5, 5.41) is 4.13. The molecule has 1 aromatic carbocycles. The number of rotatable bonds is 10. The van der Waals surface area contributed by atoms with E-state index in [0.29, 0.717) is 12.5 Å². The van der Waals surface area contributed by atoms with E-state index >= 15 is 0 Å². The summed E-state index contributed by atoms with van der Waals surface area (Å²) in [6.07, 6.45) is 10.0. The molecule has 2 heterocycles. The van der Waals surface area contributed by atoms with Crippen LogP contribution in [0.15, 0.2) is 30.5 Å². The van der Waals surface area contributed by atoms with Crippen LogP contribution in [-0.2, 0) is 6.54 Å². The summed E-state index contributed by atoms with van der Waals surface area (Å²) in [4.78, 5) is 15.3. The van der Waals surface area contributed by atoms with E-state index < -0.39 is 0 Å².